The summed E-state index contributed by atoms with van der Waals surface area (Å²) in [5, 5.41) is 4.13. The van der Waals surface area contributed by atoms with E-state index in [1.807, 2.05) is 19.9 Å². The van der Waals surface area contributed by atoms with E-state index in [9.17, 15) is 8.78 Å². The van der Waals surface area contributed by atoms with Crippen LogP contribution in [0, 0.1) is 6.92 Å². The Morgan fingerprint density at radius 2 is 2.07 bits per heavy atom. The summed E-state index contributed by atoms with van der Waals surface area (Å²) >= 11 is 0. The van der Waals surface area contributed by atoms with Crippen LogP contribution in [0.3, 0.4) is 0 Å². The van der Waals surface area contributed by atoms with E-state index in [0.29, 0.717) is 0 Å². The Morgan fingerprint density at radius 1 is 1.50 bits per heavy atom. The fourth-order valence-corrected chi connectivity index (χ4v) is 1.24. The normalized spacial score (nSPS) is 12.5. The maximum absolute atomic E-state index is 12.7. The van der Waals surface area contributed by atoms with Crippen molar-refractivity contribution in [1.82, 2.24) is 9.78 Å². The number of hydrogen-bond donors (Lipinski definition) is 0. The fraction of sp³-hybridized carbons (Fsp3) is 0.700. The summed E-state index contributed by atoms with van der Waals surface area (Å²) in [6.45, 7) is 6.35. The van der Waals surface area contributed by atoms with E-state index in [1.54, 1.807) is 6.92 Å². The quantitative estimate of drug-likeness (QED) is 0.736. The molecule has 0 aliphatic carbocycles. The van der Waals surface area contributed by atoms with Crippen molar-refractivity contribution in [3.05, 3.63) is 17.5 Å². The van der Waals surface area contributed by atoms with E-state index in [1.165, 1.54) is 4.68 Å². The lowest BCUT2D eigenvalue weighted by atomic mass is 10.1. The molecular weight excluding hydrogens is 186 g/mol. The molecule has 4 heteroatoms. The molecule has 0 spiro atoms. The van der Waals surface area contributed by atoms with E-state index < -0.39 is 5.92 Å². The van der Waals surface area contributed by atoms with Crippen molar-refractivity contribution in [3.63, 3.8) is 0 Å². The summed E-state index contributed by atoms with van der Waals surface area (Å²) in [7, 11) is 0. The molecule has 0 unspecified atom stereocenters. The zero-order chi connectivity index (χ0) is 10.9. The molecule has 0 aliphatic heterocycles. The van der Waals surface area contributed by atoms with Crippen LogP contribution < -0.4 is 0 Å². The molecule has 1 heterocycles. The highest BCUT2D eigenvalue weighted by molar-refractivity contribution is 5.12. The first-order chi connectivity index (χ1) is 6.29. The minimum Gasteiger partial charge on any atom is -0.264 e. The van der Waals surface area contributed by atoms with Gasteiger partial charge < -0.3 is 0 Å². The lowest BCUT2D eigenvalue weighted by Gasteiger charge is -2.11. The molecule has 0 amide bonds. The first-order valence-electron chi connectivity index (χ1n) is 4.72. The van der Waals surface area contributed by atoms with Crippen LogP contribution >= 0.6 is 0 Å². The van der Waals surface area contributed by atoms with Crippen LogP contribution in [0.1, 0.15) is 38.1 Å². The van der Waals surface area contributed by atoms with Crippen LogP contribution in [0.15, 0.2) is 6.07 Å². The van der Waals surface area contributed by atoms with Crippen LogP contribution in [0.25, 0.3) is 0 Å². The number of rotatable bonds is 3. The summed E-state index contributed by atoms with van der Waals surface area (Å²) in [5.41, 5.74) is 1.65. The molecule has 0 N–H and O–H groups in total. The fourth-order valence-electron chi connectivity index (χ4n) is 1.24. The summed E-state index contributed by atoms with van der Waals surface area (Å²) in [6.07, 6.45) is 0. The summed E-state index contributed by atoms with van der Waals surface area (Å²) < 4.78 is 26.8. The average molecular weight is 202 g/mol. The van der Waals surface area contributed by atoms with Crippen molar-refractivity contribution in [1.29, 1.82) is 0 Å². The Morgan fingerprint density at radius 3 is 2.43 bits per heavy atom. The van der Waals surface area contributed by atoms with Crippen molar-refractivity contribution in [2.45, 2.75) is 46.1 Å². The van der Waals surface area contributed by atoms with E-state index >= 15 is 0 Å². The van der Waals surface area contributed by atoms with Gasteiger partial charge in [-0.05, 0) is 18.9 Å². The van der Waals surface area contributed by atoms with Crippen LogP contribution in [0.5, 0.6) is 0 Å². The van der Waals surface area contributed by atoms with E-state index in [0.717, 1.165) is 18.3 Å². The molecule has 1 rings (SSSR count). The molecule has 1 aromatic rings. The third-order valence-corrected chi connectivity index (χ3v) is 2.02. The lowest BCUT2D eigenvalue weighted by Crippen LogP contribution is -2.21. The van der Waals surface area contributed by atoms with Gasteiger partial charge in [0.2, 0.25) is 0 Å². The van der Waals surface area contributed by atoms with Crippen molar-refractivity contribution >= 4 is 0 Å². The third kappa shape index (κ3) is 2.79. The Balaban J connectivity index is 2.88. The van der Waals surface area contributed by atoms with Gasteiger partial charge in [-0.25, -0.2) is 8.78 Å². The molecule has 1 aromatic heterocycles. The van der Waals surface area contributed by atoms with Gasteiger partial charge in [0.15, 0.2) is 0 Å². The van der Waals surface area contributed by atoms with Gasteiger partial charge in [0, 0.05) is 12.6 Å². The average Bonchev–Trinajstić information content (AvgIpc) is 2.29. The zero-order valence-corrected chi connectivity index (χ0v) is 9.01. The SMILES string of the molecule is Cc1cc(C(C)C)nn1CC(C)(F)F. The molecular formula is C10H16F2N2. The number of halogens is 2. The lowest BCUT2D eigenvalue weighted by molar-refractivity contribution is -0.000101. The topological polar surface area (TPSA) is 17.8 Å². The predicted octanol–water partition coefficient (Wildman–Crippen LogP) is 2.97. The van der Waals surface area contributed by atoms with E-state index in [-0.39, 0.29) is 12.5 Å². The van der Waals surface area contributed by atoms with Gasteiger partial charge in [-0.15, -0.1) is 0 Å². The molecule has 0 bridgehead atoms. The van der Waals surface area contributed by atoms with Crippen LogP contribution in [0.4, 0.5) is 8.78 Å². The number of hydrogen-bond acceptors (Lipinski definition) is 1. The Labute approximate surface area is 82.9 Å². The maximum atomic E-state index is 12.7. The van der Waals surface area contributed by atoms with Gasteiger partial charge in [-0.2, -0.15) is 5.10 Å². The molecule has 0 saturated carbocycles. The standard InChI is InChI=1S/C10H16F2N2/c1-7(2)9-5-8(3)14(13-9)6-10(4,11)12/h5,7H,6H2,1-4H3. The number of aromatic nitrogens is 2. The van der Waals surface area contributed by atoms with Gasteiger partial charge in [0.25, 0.3) is 5.92 Å². The summed E-state index contributed by atoms with van der Waals surface area (Å²) in [5.74, 6) is -2.43. The van der Waals surface area contributed by atoms with Crippen LogP contribution in [-0.2, 0) is 6.54 Å². The highest BCUT2D eigenvalue weighted by Gasteiger charge is 2.23. The highest BCUT2D eigenvalue weighted by Crippen LogP contribution is 2.18. The zero-order valence-electron chi connectivity index (χ0n) is 9.01. The van der Waals surface area contributed by atoms with Gasteiger partial charge in [-0.1, -0.05) is 13.8 Å². The molecule has 0 atom stereocenters. The first kappa shape index (κ1) is 11.1. The van der Waals surface area contributed by atoms with Gasteiger partial charge in [0.1, 0.15) is 6.54 Å². The molecule has 14 heavy (non-hydrogen) atoms. The second-order valence-electron chi connectivity index (χ2n) is 4.09. The Hall–Kier alpha value is -0.930. The van der Waals surface area contributed by atoms with E-state index in [4.69, 9.17) is 0 Å². The first-order valence-corrected chi connectivity index (χ1v) is 4.72. The summed E-state index contributed by atoms with van der Waals surface area (Å²) in [4.78, 5) is 0. The predicted molar refractivity (Wildman–Crippen MR) is 51.7 cm³/mol. The van der Waals surface area contributed by atoms with Crippen molar-refractivity contribution in [3.8, 4) is 0 Å². The second-order valence-corrected chi connectivity index (χ2v) is 4.09. The molecule has 2 nitrogen and oxygen atoms in total. The van der Waals surface area contributed by atoms with Crippen molar-refractivity contribution < 1.29 is 8.78 Å². The van der Waals surface area contributed by atoms with Crippen LogP contribution in [0.2, 0.25) is 0 Å². The monoisotopic (exact) mass is 202 g/mol. The number of aryl methyl sites for hydroxylation is 1. The van der Waals surface area contributed by atoms with Gasteiger partial charge in [0.05, 0.1) is 5.69 Å². The molecule has 0 aliphatic rings. The Bertz CT molecular complexity index is 310. The largest absolute Gasteiger partial charge is 0.264 e. The van der Waals surface area contributed by atoms with Crippen molar-refractivity contribution in [2.75, 3.05) is 0 Å². The minimum atomic E-state index is -2.70. The molecule has 0 radical (unpaired) electrons. The highest BCUT2D eigenvalue weighted by atomic mass is 19.3. The maximum Gasteiger partial charge on any atom is 0.264 e. The van der Waals surface area contributed by atoms with Gasteiger partial charge in [-0.3, -0.25) is 4.68 Å². The molecule has 0 saturated heterocycles. The number of nitrogens with zero attached hydrogens (tertiary/aromatic N) is 2. The van der Waals surface area contributed by atoms with Crippen molar-refractivity contribution in [2.24, 2.45) is 0 Å². The molecule has 80 valence electrons. The molecule has 0 aromatic carbocycles. The Kier molecular flexibility index (Phi) is 2.92. The van der Waals surface area contributed by atoms with Gasteiger partial charge >= 0.3 is 0 Å². The second kappa shape index (κ2) is 3.67. The smallest absolute Gasteiger partial charge is 0.264 e. The minimum absolute atomic E-state index is 0.278. The number of alkyl halides is 2. The molecule has 0 fully saturated rings. The van der Waals surface area contributed by atoms with Crippen LogP contribution in [-0.4, -0.2) is 15.7 Å². The third-order valence-electron chi connectivity index (χ3n) is 2.02. The van der Waals surface area contributed by atoms with E-state index in [2.05, 4.69) is 5.10 Å². The summed E-state index contributed by atoms with van der Waals surface area (Å²) in [6, 6.07) is 1.86.